The molecular formula is C27H21FN6O3. The zero-order chi connectivity index (χ0) is 25.9. The first-order chi connectivity index (χ1) is 17.9. The number of hydrogen-bond donors (Lipinski definition) is 1. The minimum atomic E-state index is -0.616. The Labute approximate surface area is 210 Å². The summed E-state index contributed by atoms with van der Waals surface area (Å²) in [5.41, 5.74) is 1.83. The first-order valence-electron chi connectivity index (χ1n) is 11.3. The predicted molar refractivity (Wildman–Crippen MR) is 135 cm³/mol. The fourth-order valence-electron chi connectivity index (χ4n) is 3.77. The van der Waals surface area contributed by atoms with E-state index in [1.165, 1.54) is 35.0 Å². The SMILES string of the molecule is Cc1ncc(C(=O)Nc2ccc(Oc3ccncc3-c3cnn(C)c3)cc2)c(=O)n1-c1ccc(F)cc1. The third-order valence-corrected chi connectivity index (χ3v) is 5.60. The minimum Gasteiger partial charge on any atom is -0.457 e. The summed E-state index contributed by atoms with van der Waals surface area (Å²) in [7, 11) is 1.83. The Morgan fingerprint density at radius 3 is 2.46 bits per heavy atom. The normalized spacial score (nSPS) is 10.8. The van der Waals surface area contributed by atoms with Crippen LogP contribution in [0.2, 0.25) is 0 Å². The summed E-state index contributed by atoms with van der Waals surface area (Å²) in [6, 6.07) is 13.9. The Kier molecular flexibility index (Phi) is 6.29. The molecule has 0 fully saturated rings. The number of pyridine rings is 1. The lowest BCUT2D eigenvalue weighted by Crippen LogP contribution is -2.30. The van der Waals surface area contributed by atoms with E-state index >= 15 is 0 Å². The van der Waals surface area contributed by atoms with Gasteiger partial charge in [0.15, 0.2) is 0 Å². The predicted octanol–water partition coefficient (Wildman–Crippen LogP) is 4.52. The molecule has 1 N–H and O–H groups in total. The fourth-order valence-corrected chi connectivity index (χ4v) is 3.77. The second kappa shape index (κ2) is 9.86. The van der Waals surface area contributed by atoms with Gasteiger partial charge < -0.3 is 10.1 Å². The van der Waals surface area contributed by atoms with Crippen molar-refractivity contribution in [2.75, 3.05) is 5.32 Å². The molecule has 184 valence electrons. The van der Waals surface area contributed by atoms with Gasteiger partial charge in [0.05, 0.1) is 11.9 Å². The maximum Gasteiger partial charge on any atom is 0.270 e. The molecule has 0 atom stereocenters. The van der Waals surface area contributed by atoms with Crippen molar-refractivity contribution >= 4 is 11.6 Å². The molecule has 0 unspecified atom stereocenters. The number of aryl methyl sites for hydroxylation is 2. The van der Waals surface area contributed by atoms with E-state index < -0.39 is 17.3 Å². The molecule has 3 heterocycles. The number of rotatable bonds is 6. The Bertz CT molecular complexity index is 1640. The van der Waals surface area contributed by atoms with Crippen molar-refractivity contribution in [3.8, 4) is 28.3 Å². The summed E-state index contributed by atoms with van der Waals surface area (Å²) < 4.78 is 22.3. The molecule has 3 aromatic heterocycles. The largest absolute Gasteiger partial charge is 0.457 e. The topological polar surface area (TPSA) is 104 Å². The zero-order valence-corrected chi connectivity index (χ0v) is 19.9. The molecule has 0 saturated heterocycles. The Balaban J connectivity index is 1.34. The summed E-state index contributed by atoms with van der Waals surface area (Å²) in [6.45, 7) is 1.63. The van der Waals surface area contributed by atoms with E-state index in [2.05, 4.69) is 20.4 Å². The highest BCUT2D eigenvalue weighted by atomic mass is 19.1. The molecule has 0 aliphatic carbocycles. The van der Waals surface area contributed by atoms with Crippen LogP contribution in [0.5, 0.6) is 11.5 Å². The monoisotopic (exact) mass is 496 g/mol. The van der Waals surface area contributed by atoms with Crippen LogP contribution in [-0.4, -0.2) is 30.2 Å². The van der Waals surface area contributed by atoms with Crippen molar-refractivity contribution < 1.29 is 13.9 Å². The molecule has 0 aliphatic heterocycles. The van der Waals surface area contributed by atoms with Crippen LogP contribution < -0.4 is 15.6 Å². The Morgan fingerprint density at radius 2 is 1.76 bits per heavy atom. The number of anilines is 1. The van der Waals surface area contributed by atoms with Crippen molar-refractivity contribution in [2.24, 2.45) is 7.05 Å². The van der Waals surface area contributed by atoms with Crippen LogP contribution >= 0.6 is 0 Å². The van der Waals surface area contributed by atoms with Gasteiger partial charge >= 0.3 is 0 Å². The lowest BCUT2D eigenvalue weighted by Gasteiger charge is -2.12. The van der Waals surface area contributed by atoms with E-state index in [-0.39, 0.29) is 5.56 Å². The highest BCUT2D eigenvalue weighted by Crippen LogP contribution is 2.32. The van der Waals surface area contributed by atoms with Crippen LogP contribution in [0.4, 0.5) is 10.1 Å². The van der Waals surface area contributed by atoms with Crippen LogP contribution in [0, 0.1) is 12.7 Å². The number of amides is 1. The number of benzene rings is 2. The van der Waals surface area contributed by atoms with Gasteiger partial charge in [-0.2, -0.15) is 5.10 Å². The van der Waals surface area contributed by atoms with Crippen molar-refractivity contribution in [1.82, 2.24) is 24.3 Å². The number of ether oxygens (including phenoxy) is 1. The third-order valence-electron chi connectivity index (χ3n) is 5.60. The molecule has 0 radical (unpaired) electrons. The fraction of sp³-hybridized carbons (Fsp3) is 0.0741. The lowest BCUT2D eigenvalue weighted by molar-refractivity contribution is 0.102. The van der Waals surface area contributed by atoms with Gasteiger partial charge in [0.1, 0.15) is 28.7 Å². The molecule has 37 heavy (non-hydrogen) atoms. The number of halogens is 1. The second-order valence-electron chi connectivity index (χ2n) is 8.19. The summed E-state index contributed by atoms with van der Waals surface area (Å²) in [5, 5.41) is 6.90. The maximum atomic E-state index is 13.3. The van der Waals surface area contributed by atoms with Gasteiger partial charge in [-0.1, -0.05) is 0 Å². The highest BCUT2D eigenvalue weighted by Gasteiger charge is 2.17. The molecule has 5 rings (SSSR count). The van der Waals surface area contributed by atoms with Gasteiger partial charge in [0.2, 0.25) is 0 Å². The molecule has 10 heteroatoms. The van der Waals surface area contributed by atoms with Crippen molar-refractivity contribution in [2.45, 2.75) is 6.92 Å². The van der Waals surface area contributed by atoms with Crippen molar-refractivity contribution in [3.63, 3.8) is 0 Å². The second-order valence-corrected chi connectivity index (χ2v) is 8.19. The van der Waals surface area contributed by atoms with Crippen LogP contribution in [0.1, 0.15) is 16.2 Å². The van der Waals surface area contributed by atoms with Crippen LogP contribution in [0.15, 0.2) is 90.4 Å². The van der Waals surface area contributed by atoms with Gasteiger partial charge in [-0.15, -0.1) is 0 Å². The number of nitrogens with one attached hydrogen (secondary N) is 1. The molecule has 1 amide bonds. The standard InChI is InChI=1S/C27H21FN6O3/c1-17-30-15-24(27(36)34(17)21-7-3-19(28)4-8-21)26(35)32-20-5-9-22(10-6-20)37-25-11-12-29-14-23(25)18-13-31-33(2)16-18/h3-16H,1-2H3,(H,32,35). The molecule has 0 saturated carbocycles. The van der Waals surface area contributed by atoms with Gasteiger partial charge in [-0.3, -0.25) is 23.8 Å². The Morgan fingerprint density at radius 1 is 1.00 bits per heavy atom. The van der Waals surface area contributed by atoms with Crippen LogP contribution in [-0.2, 0) is 7.05 Å². The van der Waals surface area contributed by atoms with E-state index in [0.717, 1.165) is 11.1 Å². The first-order valence-corrected chi connectivity index (χ1v) is 11.3. The van der Waals surface area contributed by atoms with E-state index in [9.17, 15) is 14.0 Å². The molecule has 5 aromatic rings. The average Bonchev–Trinajstić information content (AvgIpc) is 3.32. The summed E-state index contributed by atoms with van der Waals surface area (Å²) in [4.78, 5) is 34.3. The Hall–Kier alpha value is -5.12. The smallest absolute Gasteiger partial charge is 0.270 e. The number of hydrogen-bond acceptors (Lipinski definition) is 6. The molecule has 9 nitrogen and oxygen atoms in total. The number of nitrogens with zero attached hydrogens (tertiary/aromatic N) is 5. The van der Waals surface area contributed by atoms with Gasteiger partial charge in [0, 0.05) is 48.6 Å². The number of carbonyl (C=O) groups excluding carboxylic acids is 1. The van der Waals surface area contributed by atoms with E-state index in [1.54, 1.807) is 60.5 Å². The average molecular weight is 497 g/mol. The van der Waals surface area contributed by atoms with Gasteiger partial charge in [-0.05, 0) is 61.5 Å². The van der Waals surface area contributed by atoms with E-state index in [4.69, 9.17) is 4.74 Å². The lowest BCUT2D eigenvalue weighted by atomic mass is 10.1. The highest BCUT2D eigenvalue weighted by molar-refractivity contribution is 6.03. The van der Waals surface area contributed by atoms with Crippen LogP contribution in [0.3, 0.4) is 0 Å². The molecule has 0 aliphatic rings. The van der Waals surface area contributed by atoms with Gasteiger partial charge in [0.25, 0.3) is 11.5 Å². The summed E-state index contributed by atoms with van der Waals surface area (Å²) >= 11 is 0. The van der Waals surface area contributed by atoms with E-state index in [1.807, 2.05) is 13.2 Å². The van der Waals surface area contributed by atoms with Crippen molar-refractivity contribution in [1.29, 1.82) is 0 Å². The van der Waals surface area contributed by atoms with E-state index in [0.29, 0.717) is 28.7 Å². The first kappa shape index (κ1) is 23.6. The third kappa shape index (κ3) is 4.98. The molecule has 0 spiro atoms. The number of carbonyl (C=O) groups is 1. The number of aromatic nitrogens is 5. The summed E-state index contributed by atoms with van der Waals surface area (Å²) in [6.07, 6.45) is 8.17. The quantitative estimate of drug-likeness (QED) is 0.371. The van der Waals surface area contributed by atoms with Crippen molar-refractivity contribution in [3.05, 3.63) is 113 Å². The molecule has 0 bridgehead atoms. The molecule has 2 aromatic carbocycles. The summed E-state index contributed by atoms with van der Waals surface area (Å²) in [5.74, 6) is 0.476. The minimum absolute atomic E-state index is 0.145. The molecular weight excluding hydrogens is 475 g/mol. The zero-order valence-electron chi connectivity index (χ0n) is 19.9. The van der Waals surface area contributed by atoms with Crippen LogP contribution in [0.25, 0.3) is 16.8 Å². The maximum absolute atomic E-state index is 13.3. The van der Waals surface area contributed by atoms with Gasteiger partial charge in [-0.25, -0.2) is 9.37 Å².